The highest BCUT2D eigenvalue weighted by Crippen LogP contribution is 2.24. The predicted molar refractivity (Wildman–Crippen MR) is 67.2 cm³/mol. The number of fused-ring (bicyclic) bond motifs is 1. The minimum atomic E-state index is -1.25. The Labute approximate surface area is 99.2 Å². The van der Waals surface area contributed by atoms with Crippen molar-refractivity contribution in [2.24, 2.45) is 0 Å². The van der Waals surface area contributed by atoms with Crippen LogP contribution in [-0.4, -0.2) is 25.7 Å². The minimum absolute atomic E-state index is 0.404. The molecule has 0 aliphatic carbocycles. The average Bonchev–Trinajstić information content (AvgIpc) is 2.74. The van der Waals surface area contributed by atoms with Crippen molar-refractivity contribution in [3.05, 3.63) is 49.2 Å². The number of hydrogen-bond donors (Lipinski definition) is 1. The highest BCUT2D eigenvalue weighted by atomic mass is 16.3. The van der Waals surface area contributed by atoms with E-state index in [9.17, 15) is 5.11 Å². The maximum Gasteiger partial charge on any atom is 0.129 e. The summed E-state index contributed by atoms with van der Waals surface area (Å²) in [4.78, 5) is 0. The number of aliphatic hydroxyl groups is 1. The summed E-state index contributed by atoms with van der Waals surface area (Å²) < 4.78 is 1.52. The van der Waals surface area contributed by atoms with Crippen LogP contribution in [0.15, 0.2) is 49.2 Å². The Morgan fingerprint density at radius 2 is 2.24 bits per heavy atom. The maximum atomic E-state index is 10.2. The van der Waals surface area contributed by atoms with Gasteiger partial charge in [0.1, 0.15) is 16.8 Å². The third-order valence-corrected chi connectivity index (χ3v) is 2.61. The molecule has 0 radical (unpaired) electrons. The van der Waals surface area contributed by atoms with Crippen LogP contribution >= 0.6 is 0 Å². The summed E-state index contributed by atoms with van der Waals surface area (Å²) in [6.07, 6.45) is 1.41. The van der Waals surface area contributed by atoms with E-state index in [2.05, 4.69) is 29.2 Å². The molecule has 0 saturated heterocycles. The molecule has 1 unspecified atom stereocenters. The molecule has 86 valence electrons. The quantitative estimate of drug-likeness (QED) is 0.644. The summed E-state index contributed by atoms with van der Waals surface area (Å²) in [5, 5.41) is 18.2. The molecule has 0 bridgehead atoms. The fraction of sp³-hybridized carbons (Fsp3) is 0.154. The molecule has 0 spiro atoms. The molecule has 4 nitrogen and oxygen atoms in total. The largest absolute Gasteiger partial charge is 0.379 e. The first-order valence-electron chi connectivity index (χ1n) is 5.17. The lowest BCUT2D eigenvalue weighted by Gasteiger charge is -2.20. The summed E-state index contributed by atoms with van der Waals surface area (Å²) in [5.74, 6) is 0. The average molecular weight is 227 g/mol. The second-order valence-electron chi connectivity index (χ2n) is 3.87. The van der Waals surface area contributed by atoms with Gasteiger partial charge in [0.05, 0.1) is 5.52 Å². The van der Waals surface area contributed by atoms with Crippen LogP contribution in [0.2, 0.25) is 0 Å². The van der Waals surface area contributed by atoms with Crippen molar-refractivity contribution in [3.8, 4) is 0 Å². The van der Waals surface area contributed by atoms with Crippen LogP contribution in [0.4, 0.5) is 0 Å². The van der Waals surface area contributed by atoms with Crippen molar-refractivity contribution in [3.63, 3.8) is 0 Å². The van der Waals surface area contributed by atoms with Gasteiger partial charge in [-0.05, 0) is 19.1 Å². The van der Waals surface area contributed by atoms with Gasteiger partial charge in [-0.2, -0.15) is 0 Å². The number of aromatic nitrogens is 3. The Kier molecular flexibility index (Phi) is 2.68. The summed E-state index contributed by atoms with van der Waals surface area (Å²) in [7, 11) is 0. The van der Waals surface area contributed by atoms with Gasteiger partial charge < -0.3 is 5.11 Å². The van der Waals surface area contributed by atoms with Gasteiger partial charge in [0, 0.05) is 0 Å². The molecule has 1 aromatic heterocycles. The van der Waals surface area contributed by atoms with Gasteiger partial charge in [0.25, 0.3) is 0 Å². The molecule has 2 rings (SSSR count). The normalized spacial score (nSPS) is 14.0. The van der Waals surface area contributed by atoms with Crippen molar-refractivity contribution in [1.82, 2.24) is 15.0 Å². The molecule has 17 heavy (non-hydrogen) atoms. The van der Waals surface area contributed by atoms with Crippen LogP contribution in [-0.2, 0) is 0 Å². The zero-order chi connectivity index (χ0) is 12.5. The Hall–Kier alpha value is -2.16. The lowest BCUT2D eigenvalue weighted by atomic mass is 10.0. The van der Waals surface area contributed by atoms with E-state index in [1.165, 1.54) is 10.8 Å². The highest BCUT2D eigenvalue weighted by Gasteiger charge is 2.25. The number of para-hydroxylation sites is 1. The van der Waals surface area contributed by atoms with Crippen LogP contribution < -0.4 is 0 Å². The first-order chi connectivity index (χ1) is 8.10. The van der Waals surface area contributed by atoms with Crippen LogP contribution in [0.1, 0.15) is 6.92 Å². The first-order valence-corrected chi connectivity index (χ1v) is 5.17. The lowest BCUT2D eigenvalue weighted by molar-refractivity contribution is 0.167. The number of benzene rings is 1. The fourth-order valence-electron chi connectivity index (χ4n) is 1.60. The van der Waals surface area contributed by atoms with Gasteiger partial charge in [-0.15, -0.1) is 10.8 Å². The number of hydrogen-bond acceptors (Lipinski definition) is 3. The van der Waals surface area contributed by atoms with Crippen LogP contribution in [0.5, 0.6) is 0 Å². The van der Waals surface area contributed by atoms with Crippen LogP contribution in [0.25, 0.3) is 16.7 Å². The van der Waals surface area contributed by atoms with E-state index in [-0.39, 0.29) is 0 Å². The fourth-order valence-corrected chi connectivity index (χ4v) is 1.60. The third kappa shape index (κ3) is 1.80. The van der Waals surface area contributed by atoms with E-state index in [1.807, 2.05) is 24.3 Å². The zero-order valence-electron chi connectivity index (χ0n) is 9.59. The van der Waals surface area contributed by atoms with Gasteiger partial charge >= 0.3 is 0 Å². The van der Waals surface area contributed by atoms with Crippen LogP contribution in [0.3, 0.4) is 0 Å². The van der Waals surface area contributed by atoms with Crippen LogP contribution in [0, 0.1) is 0 Å². The van der Waals surface area contributed by atoms with Crippen molar-refractivity contribution in [2.45, 2.75) is 12.5 Å². The van der Waals surface area contributed by atoms with Crippen molar-refractivity contribution < 1.29 is 5.11 Å². The molecule has 1 N–H and O–H groups in total. The van der Waals surface area contributed by atoms with Gasteiger partial charge in [0.15, 0.2) is 0 Å². The molecule has 4 heteroatoms. The molecular weight excluding hydrogens is 214 g/mol. The second-order valence-corrected chi connectivity index (χ2v) is 3.87. The smallest absolute Gasteiger partial charge is 0.129 e. The summed E-state index contributed by atoms with van der Waals surface area (Å²) in [6.45, 7) is 8.77. The van der Waals surface area contributed by atoms with E-state index in [0.29, 0.717) is 5.70 Å². The van der Waals surface area contributed by atoms with E-state index in [0.717, 1.165) is 11.0 Å². The maximum absolute atomic E-state index is 10.2. The first kappa shape index (κ1) is 11.3. The third-order valence-electron chi connectivity index (χ3n) is 2.61. The lowest BCUT2D eigenvalue weighted by Crippen LogP contribution is -2.26. The van der Waals surface area contributed by atoms with Crippen molar-refractivity contribution >= 4 is 16.7 Å². The SMILES string of the molecule is C=C=C(n1nnc2ccccc21)C(C)(O)C=C. The van der Waals surface area contributed by atoms with Gasteiger partial charge in [-0.3, -0.25) is 0 Å². The second kappa shape index (κ2) is 4.01. The topological polar surface area (TPSA) is 50.9 Å². The molecule has 1 atom stereocenters. The molecule has 1 heterocycles. The zero-order valence-corrected chi connectivity index (χ0v) is 9.59. The molecule has 0 saturated carbocycles. The summed E-state index contributed by atoms with van der Waals surface area (Å²) in [5.41, 5.74) is 3.39. The molecular formula is C13H13N3O. The Bertz CT molecular complexity index is 618. The van der Waals surface area contributed by atoms with Crippen molar-refractivity contribution in [2.75, 3.05) is 0 Å². The molecule has 0 fully saturated rings. The number of rotatable bonds is 3. The Morgan fingerprint density at radius 1 is 1.53 bits per heavy atom. The van der Waals surface area contributed by atoms with Gasteiger partial charge in [-0.1, -0.05) is 36.6 Å². The molecule has 0 aliphatic heterocycles. The van der Waals surface area contributed by atoms with Gasteiger partial charge in [0.2, 0.25) is 0 Å². The monoisotopic (exact) mass is 227 g/mol. The predicted octanol–water partition coefficient (Wildman–Crippen LogP) is 1.99. The Balaban J connectivity index is 2.68. The summed E-state index contributed by atoms with van der Waals surface area (Å²) >= 11 is 0. The minimum Gasteiger partial charge on any atom is -0.379 e. The molecule has 0 aliphatic rings. The molecule has 2 aromatic rings. The van der Waals surface area contributed by atoms with Crippen molar-refractivity contribution in [1.29, 1.82) is 0 Å². The van der Waals surface area contributed by atoms with E-state index in [1.54, 1.807) is 6.92 Å². The standard InChI is InChI=1S/C13H13N3O/c1-4-12(13(3,17)5-2)16-11-9-7-6-8-10(11)14-15-16/h5-9,17H,1-2H2,3H3. The molecule has 0 amide bonds. The highest BCUT2D eigenvalue weighted by molar-refractivity contribution is 5.78. The van der Waals surface area contributed by atoms with E-state index < -0.39 is 5.60 Å². The van der Waals surface area contributed by atoms with Gasteiger partial charge in [-0.25, -0.2) is 4.68 Å². The summed E-state index contributed by atoms with van der Waals surface area (Å²) in [6, 6.07) is 7.48. The van der Waals surface area contributed by atoms with E-state index in [4.69, 9.17) is 0 Å². The Morgan fingerprint density at radius 3 is 2.88 bits per heavy atom. The van der Waals surface area contributed by atoms with E-state index >= 15 is 0 Å². The molecule has 1 aromatic carbocycles. The number of nitrogens with zero attached hydrogens (tertiary/aromatic N) is 3.